The van der Waals surface area contributed by atoms with Crippen molar-refractivity contribution in [3.63, 3.8) is 0 Å². The zero-order valence-corrected chi connectivity index (χ0v) is 18.6. The van der Waals surface area contributed by atoms with Crippen LogP contribution in [0.4, 0.5) is 4.39 Å². The molecule has 6 nitrogen and oxygen atoms in total. The van der Waals surface area contributed by atoms with Crippen molar-refractivity contribution >= 4 is 29.1 Å². The minimum atomic E-state index is -1.04. The van der Waals surface area contributed by atoms with E-state index >= 15 is 0 Å². The fourth-order valence-electron chi connectivity index (χ4n) is 4.57. The topological polar surface area (TPSA) is 81.7 Å². The van der Waals surface area contributed by atoms with E-state index in [0.717, 1.165) is 4.88 Å². The van der Waals surface area contributed by atoms with Crippen LogP contribution in [0.15, 0.2) is 64.3 Å². The molecular weight excluding hydrogens is 433 g/mol. The van der Waals surface area contributed by atoms with Gasteiger partial charge in [0.15, 0.2) is 5.78 Å². The van der Waals surface area contributed by atoms with Gasteiger partial charge in [-0.15, -0.1) is 11.3 Å². The first kappa shape index (κ1) is 22.0. The summed E-state index contributed by atoms with van der Waals surface area (Å²) < 4.78 is 23.6. The lowest BCUT2D eigenvalue weighted by atomic mass is 9.68. The molecule has 2 aliphatic rings. The van der Waals surface area contributed by atoms with Gasteiger partial charge in [-0.05, 0) is 42.5 Å². The smallest absolute Gasteiger partial charge is 0.336 e. The third-order valence-corrected chi connectivity index (χ3v) is 7.00. The maximum absolute atomic E-state index is 13.8. The zero-order chi connectivity index (χ0) is 23.0. The molecule has 1 N–H and O–H groups in total. The molecule has 0 bridgehead atoms. The van der Waals surface area contributed by atoms with Crippen LogP contribution in [-0.2, 0) is 23.9 Å². The predicted octanol–water partition coefficient (Wildman–Crippen LogP) is 3.82. The van der Waals surface area contributed by atoms with E-state index in [2.05, 4.69) is 5.32 Å². The van der Waals surface area contributed by atoms with E-state index in [1.165, 1.54) is 49.8 Å². The molecule has 0 saturated heterocycles. The fourth-order valence-corrected chi connectivity index (χ4v) is 5.44. The van der Waals surface area contributed by atoms with Crippen LogP contribution in [0.3, 0.4) is 0 Å². The number of halogens is 1. The first-order valence-corrected chi connectivity index (χ1v) is 10.9. The number of benzene rings is 1. The molecule has 1 aromatic carbocycles. The van der Waals surface area contributed by atoms with Crippen molar-refractivity contribution in [1.29, 1.82) is 0 Å². The Bertz CT molecular complexity index is 1130. The second-order valence-corrected chi connectivity index (χ2v) is 8.70. The number of nitrogens with one attached hydrogen (secondary N) is 1. The highest BCUT2D eigenvalue weighted by atomic mass is 32.1. The summed E-state index contributed by atoms with van der Waals surface area (Å²) in [6, 6.07) is 9.41. The Labute approximate surface area is 188 Å². The molecular formula is C24H22FNO5S. The van der Waals surface area contributed by atoms with Gasteiger partial charge in [0, 0.05) is 33.7 Å². The van der Waals surface area contributed by atoms with Crippen LogP contribution >= 0.6 is 11.3 Å². The van der Waals surface area contributed by atoms with Gasteiger partial charge in [-0.1, -0.05) is 18.2 Å². The Hall–Kier alpha value is -3.26. The average molecular weight is 456 g/mol. The summed E-state index contributed by atoms with van der Waals surface area (Å²) >= 11 is 1.47. The van der Waals surface area contributed by atoms with Crippen molar-refractivity contribution in [2.45, 2.75) is 25.2 Å². The van der Waals surface area contributed by atoms with Gasteiger partial charge in [-0.25, -0.2) is 9.18 Å². The quantitative estimate of drug-likeness (QED) is 0.558. The normalized spacial score (nSPS) is 22.9. The Balaban J connectivity index is 1.90. The lowest BCUT2D eigenvalue weighted by molar-refractivity contribution is -0.149. The van der Waals surface area contributed by atoms with E-state index < -0.39 is 35.4 Å². The maximum atomic E-state index is 13.8. The van der Waals surface area contributed by atoms with E-state index in [4.69, 9.17) is 9.47 Å². The Kier molecular flexibility index (Phi) is 5.97. The van der Waals surface area contributed by atoms with Crippen molar-refractivity contribution < 1.29 is 28.2 Å². The summed E-state index contributed by atoms with van der Waals surface area (Å²) in [5, 5.41) is 5.11. The molecule has 0 saturated carbocycles. The van der Waals surface area contributed by atoms with Crippen molar-refractivity contribution in [2.75, 3.05) is 14.2 Å². The number of esters is 2. The molecule has 0 unspecified atom stereocenters. The average Bonchev–Trinajstić information content (AvgIpc) is 3.32. The van der Waals surface area contributed by atoms with Crippen LogP contribution in [0, 0.1) is 11.7 Å². The maximum Gasteiger partial charge on any atom is 0.336 e. The number of rotatable bonds is 4. The van der Waals surface area contributed by atoms with Crippen LogP contribution in [0.5, 0.6) is 0 Å². The van der Waals surface area contributed by atoms with E-state index in [9.17, 15) is 18.8 Å². The highest BCUT2D eigenvalue weighted by Crippen LogP contribution is 2.48. The molecule has 1 aliphatic carbocycles. The number of carbonyl (C=O) groups excluding carboxylic acids is 3. The predicted molar refractivity (Wildman–Crippen MR) is 116 cm³/mol. The number of ketones is 1. The Morgan fingerprint density at radius 3 is 2.44 bits per heavy atom. The number of hydrogen-bond donors (Lipinski definition) is 1. The number of Topliss-reactive ketones (excluding diaryl/α,β-unsaturated/α-hetero) is 1. The third-order valence-electron chi connectivity index (χ3n) is 5.99. The van der Waals surface area contributed by atoms with Gasteiger partial charge in [-0.3, -0.25) is 9.59 Å². The van der Waals surface area contributed by atoms with Crippen LogP contribution in [0.2, 0.25) is 0 Å². The number of carbonyl (C=O) groups is 3. The number of methoxy groups -OCH3 is 2. The first-order chi connectivity index (χ1) is 15.4. The fraction of sp³-hybridized carbons (Fsp3) is 0.292. The van der Waals surface area contributed by atoms with Gasteiger partial charge in [-0.2, -0.15) is 0 Å². The van der Waals surface area contributed by atoms with E-state index in [1.807, 2.05) is 17.5 Å². The van der Waals surface area contributed by atoms with E-state index in [-0.39, 0.29) is 11.5 Å². The van der Waals surface area contributed by atoms with Crippen LogP contribution < -0.4 is 5.32 Å². The molecule has 1 aromatic heterocycles. The Morgan fingerprint density at radius 2 is 1.84 bits per heavy atom. The van der Waals surface area contributed by atoms with Gasteiger partial charge in [0.25, 0.3) is 0 Å². The van der Waals surface area contributed by atoms with Crippen molar-refractivity contribution in [2.24, 2.45) is 5.92 Å². The molecule has 0 fully saturated rings. The van der Waals surface area contributed by atoms with Gasteiger partial charge in [0.1, 0.15) is 11.7 Å². The van der Waals surface area contributed by atoms with Gasteiger partial charge < -0.3 is 14.8 Å². The van der Waals surface area contributed by atoms with E-state index in [1.54, 1.807) is 6.92 Å². The summed E-state index contributed by atoms with van der Waals surface area (Å²) in [7, 11) is 2.52. The summed E-state index contributed by atoms with van der Waals surface area (Å²) in [4.78, 5) is 40.2. The number of ether oxygens (including phenoxy) is 2. The van der Waals surface area contributed by atoms with Crippen molar-refractivity contribution in [1.82, 2.24) is 5.32 Å². The zero-order valence-electron chi connectivity index (χ0n) is 17.8. The minimum Gasteiger partial charge on any atom is -0.468 e. The minimum absolute atomic E-state index is 0.254. The molecule has 0 spiro atoms. The third kappa shape index (κ3) is 3.64. The van der Waals surface area contributed by atoms with E-state index in [0.29, 0.717) is 29.0 Å². The molecule has 1 aliphatic heterocycles. The second-order valence-electron chi connectivity index (χ2n) is 7.72. The molecule has 32 heavy (non-hydrogen) atoms. The second kappa shape index (κ2) is 8.70. The van der Waals surface area contributed by atoms with Gasteiger partial charge in [0.05, 0.1) is 19.8 Å². The van der Waals surface area contributed by atoms with Crippen LogP contribution in [-0.4, -0.2) is 31.9 Å². The molecule has 2 aromatic rings. The number of allylic oxidation sites excluding steroid dienone is 3. The molecule has 0 amide bonds. The summed E-state index contributed by atoms with van der Waals surface area (Å²) in [5.41, 5.74) is 2.33. The summed E-state index contributed by atoms with van der Waals surface area (Å²) in [6.07, 6.45) is 0.394. The lowest BCUT2D eigenvalue weighted by Gasteiger charge is -2.39. The standard InChI is InChI=1S/C24H22FNO5S/c1-12-18(23(28)30-2)19(13-6-8-14(25)9-7-13)21-16(26-12)11-15(17-5-4-10-32-17)20(22(21)27)24(29)31-3/h4-10,15,19-20,26H,11H2,1-3H3/t15-,19+,20+/m0/s1. The molecule has 2 heterocycles. The molecule has 166 valence electrons. The molecule has 4 rings (SSSR count). The highest BCUT2D eigenvalue weighted by molar-refractivity contribution is 7.10. The summed E-state index contributed by atoms with van der Waals surface area (Å²) in [6.45, 7) is 1.74. The van der Waals surface area contributed by atoms with Crippen LogP contribution in [0.1, 0.15) is 35.6 Å². The monoisotopic (exact) mass is 455 g/mol. The van der Waals surface area contributed by atoms with Crippen LogP contribution in [0.25, 0.3) is 0 Å². The highest BCUT2D eigenvalue weighted by Gasteiger charge is 2.49. The molecule has 0 radical (unpaired) electrons. The molecule has 8 heteroatoms. The SMILES string of the molecule is COC(=O)C1=C(C)NC2=C(C(=O)[C@H](C(=O)OC)[C@H](c3cccs3)C2)[C@@H]1c1ccc(F)cc1. The largest absolute Gasteiger partial charge is 0.468 e. The number of dihydropyridines is 1. The number of hydrogen-bond acceptors (Lipinski definition) is 7. The first-order valence-electron chi connectivity index (χ1n) is 10.1. The van der Waals surface area contributed by atoms with Gasteiger partial charge in [0.2, 0.25) is 0 Å². The van der Waals surface area contributed by atoms with Crippen molar-refractivity contribution in [3.05, 3.63) is 80.6 Å². The lowest BCUT2D eigenvalue weighted by Crippen LogP contribution is -2.43. The van der Waals surface area contributed by atoms with Gasteiger partial charge >= 0.3 is 11.9 Å². The van der Waals surface area contributed by atoms with Crippen molar-refractivity contribution in [3.8, 4) is 0 Å². The molecule has 3 atom stereocenters. The Morgan fingerprint density at radius 1 is 1.12 bits per heavy atom. The number of thiophene rings is 1. The summed E-state index contributed by atoms with van der Waals surface area (Å²) in [5.74, 6) is -4.28.